The average molecular weight is 219 g/mol. The predicted octanol–water partition coefficient (Wildman–Crippen LogP) is 2.89. The number of hydrogen-bond donors (Lipinski definition) is 2. The van der Waals surface area contributed by atoms with Crippen molar-refractivity contribution >= 4 is 18.3 Å². The lowest BCUT2D eigenvalue weighted by Crippen LogP contribution is -2.05. The van der Waals surface area contributed by atoms with Crippen molar-refractivity contribution in [1.29, 1.82) is 0 Å². The maximum atomic E-state index is 12.1. The largest absolute Gasteiger partial charge is 0.416 e. The summed E-state index contributed by atoms with van der Waals surface area (Å²) in [6, 6.07) is 4.59. The summed E-state index contributed by atoms with van der Waals surface area (Å²) in [5.74, 6) is 0. The highest BCUT2D eigenvalue weighted by Crippen LogP contribution is 2.29. The van der Waals surface area contributed by atoms with E-state index >= 15 is 0 Å². The Morgan fingerprint density at radius 3 is 2.07 bits per heavy atom. The Morgan fingerprint density at radius 2 is 1.71 bits per heavy atom. The molecule has 0 saturated carbocycles. The minimum atomic E-state index is -4.31. The summed E-state index contributed by atoms with van der Waals surface area (Å²) in [5.41, 5.74) is 5.63. The zero-order chi connectivity index (χ0) is 10.8. The Bertz CT molecular complexity index is 340. The van der Waals surface area contributed by atoms with E-state index in [9.17, 15) is 13.2 Å². The number of hydrogen-bond acceptors (Lipinski definition) is 2. The van der Waals surface area contributed by atoms with Crippen molar-refractivity contribution in [2.75, 3.05) is 0 Å². The van der Waals surface area contributed by atoms with Crippen LogP contribution in [0.4, 0.5) is 13.2 Å². The topological polar surface area (TPSA) is 26.0 Å². The second kappa shape index (κ2) is 3.96. The zero-order valence-corrected chi connectivity index (χ0v) is 7.94. The summed E-state index contributed by atoms with van der Waals surface area (Å²) < 4.78 is 36.4. The molecule has 14 heavy (non-hydrogen) atoms. The van der Waals surface area contributed by atoms with E-state index in [1.54, 1.807) is 0 Å². The molecular formula is C9H8F3NS. The van der Waals surface area contributed by atoms with Gasteiger partial charge in [-0.05, 0) is 23.1 Å². The average Bonchev–Trinajstić information content (AvgIpc) is 2.15. The van der Waals surface area contributed by atoms with Crippen LogP contribution in [0, 0.1) is 0 Å². The highest BCUT2D eigenvalue weighted by molar-refractivity contribution is 7.83. The molecule has 0 aliphatic carbocycles. The van der Waals surface area contributed by atoms with Crippen LogP contribution in [0.1, 0.15) is 11.1 Å². The third-order valence-electron chi connectivity index (χ3n) is 1.68. The molecule has 0 spiro atoms. The Labute approximate surface area is 84.8 Å². The molecule has 1 aromatic carbocycles. The van der Waals surface area contributed by atoms with Crippen LogP contribution < -0.4 is 5.73 Å². The van der Waals surface area contributed by atoms with Crippen LogP contribution in [0.5, 0.6) is 0 Å². The molecule has 2 N–H and O–H groups in total. The Morgan fingerprint density at radius 1 is 1.21 bits per heavy atom. The van der Waals surface area contributed by atoms with E-state index in [1.165, 1.54) is 17.5 Å². The number of benzene rings is 1. The molecule has 0 aromatic heterocycles. The molecule has 0 unspecified atom stereocenters. The SMILES string of the molecule is N/C(=C\S)c1ccc(C(F)(F)F)cc1. The van der Waals surface area contributed by atoms with Crippen molar-refractivity contribution in [2.45, 2.75) is 6.18 Å². The van der Waals surface area contributed by atoms with Gasteiger partial charge in [-0.15, -0.1) is 12.6 Å². The lowest BCUT2D eigenvalue weighted by molar-refractivity contribution is -0.137. The molecule has 1 aromatic rings. The van der Waals surface area contributed by atoms with Gasteiger partial charge in [0.05, 0.1) is 5.56 Å². The molecule has 5 heteroatoms. The van der Waals surface area contributed by atoms with E-state index in [4.69, 9.17) is 5.73 Å². The molecule has 0 radical (unpaired) electrons. The summed E-state index contributed by atoms with van der Waals surface area (Å²) in [6.45, 7) is 0. The highest BCUT2D eigenvalue weighted by Gasteiger charge is 2.29. The van der Waals surface area contributed by atoms with Gasteiger partial charge in [0.2, 0.25) is 0 Å². The molecule has 1 rings (SSSR count). The van der Waals surface area contributed by atoms with Crippen molar-refractivity contribution in [3.63, 3.8) is 0 Å². The maximum absolute atomic E-state index is 12.1. The third kappa shape index (κ3) is 2.45. The van der Waals surface area contributed by atoms with Crippen LogP contribution >= 0.6 is 12.6 Å². The second-order valence-electron chi connectivity index (χ2n) is 2.66. The number of rotatable bonds is 1. The zero-order valence-electron chi connectivity index (χ0n) is 7.05. The molecule has 0 aliphatic heterocycles. The van der Waals surface area contributed by atoms with Crippen molar-refractivity contribution in [2.24, 2.45) is 5.73 Å². The first kappa shape index (κ1) is 11.0. The predicted molar refractivity (Wildman–Crippen MR) is 52.6 cm³/mol. The summed E-state index contributed by atoms with van der Waals surface area (Å²) in [7, 11) is 0. The number of thiol groups is 1. The fraction of sp³-hybridized carbons (Fsp3) is 0.111. The van der Waals surface area contributed by atoms with Crippen molar-refractivity contribution in [3.05, 3.63) is 40.8 Å². The molecule has 0 fully saturated rings. The molecule has 76 valence electrons. The Hall–Kier alpha value is -1.10. The lowest BCUT2D eigenvalue weighted by atomic mass is 10.1. The van der Waals surface area contributed by atoms with Crippen LogP contribution in [0.15, 0.2) is 29.7 Å². The molecule has 1 nitrogen and oxygen atoms in total. The molecule has 0 amide bonds. The molecule has 0 heterocycles. The lowest BCUT2D eigenvalue weighted by Gasteiger charge is -2.07. The van der Waals surface area contributed by atoms with Gasteiger partial charge in [-0.1, -0.05) is 12.1 Å². The number of alkyl halides is 3. The van der Waals surface area contributed by atoms with E-state index in [0.717, 1.165) is 12.1 Å². The van der Waals surface area contributed by atoms with E-state index in [1.807, 2.05) is 0 Å². The van der Waals surface area contributed by atoms with Gasteiger partial charge in [0.25, 0.3) is 0 Å². The number of nitrogens with two attached hydrogens (primary N) is 1. The van der Waals surface area contributed by atoms with Gasteiger partial charge in [-0.2, -0.15) is 13.2 Å². The van der Waals surface area contributed by atoms with Crippen LogP contribution in [0.25, 0.3) is 5.70 Å². The van der Waals surface area contributed by atoms with Crippen molar-refractivity contribution < 1.29 is 13.2 Å². The fourth-order valence-electron chi connectivity index (χ4n) is 0.926. The summed E-state index contributed by atoms with van der Waals surface area (Å²) in [4.78, 5) is 0. The van der Waals surface area contributed by atoms with Gasteiger partial charge >= 0.3 is 6.18 Å². The summed E-state index contributed by atoms with van der Waals surface area (Å²) >= 11 is 3.80. The molecular weight excluding hydrogens is 211 g/mol. The summed E-state index contributed by atoms with van der Waals surface area (Å²) in [6.07, 6.45) is -4.31. The molecule has 0 bridgehead atoms. The van der Waals surface area contributed by atoms with Gasteiger partial charge in [0.1, 0.15) is 0 Å². The van der Waals surface area contributed by atoms with Gasteiger partial charge in [0.15, 0.2) is 0 Å². The first-order valence-corrected chi connectivity index (χ1v) is 4.24. The smallest absolute Gasteiger partial charge is 0.398 e. The molecule has 0 atom stereocenters. The van der Waals surface area contributed by atoms with Crippen molar-refractivity contribution in [1.82, 2.24) is 0 Å². The van der Waals surface area contributed by atoms with Gasteiger partial charge in [-0.25, -0.2) is 0 Å². The third-order valence-corrected chi connectivity index (χ3v) is 1.96. The maximum Gasteiger partial charge on any atom is 0.416 e. The standard InChI is InChI=1S/C9H8F3NS/c10-9(11,12)7-3-1-6(2-4-7)8(13)5-14/h1-5,14H,13H2/b8-5-. The van der Waals surface area contributed by atoms with Gasteiger partial charge in [0, 0.05) is 5.70 Å². The van der Waals surface area contributed by atoms with Crippen LogP contribution in [-0.4, -0.2) is 0 Å². The van der Waals surface area contributed by atoms with E-state index < -0.39 is 11.7 Å². The van der Waals surface area contributed by atoms with Crippen LogP contribution in [0.2, 0.25) is 0 Å². The monoisotopic (exact) mass is 219 g/mol. The Kier molecular flexibility index (Phi) is 3.10. The molecule has 0 saturated heterocycles. The van der Waals surface area contributed by atoms with Crippen LogP contribution in [-0.2, 0) is 6.18 Å². The number of halogens is 3. The minimum absolute atomic E-state index is 0.335. The van der Waals surface area contributed by atoms with Crippen LogP contribution in [0.3, 0.4) is 0 Å². The highest BCUT2D eigenvalue weighted by atomic mass is 32.1. The first-order valence-electron chi connectivity index (χ1n) is 3.72. The van der Waals surface area contributed by atoms with E-state index in [0.29, 0.717) is 11.3 Å². The van der Waals surface area contributed by atoms with E-state index in [-0.39, 0.29) is 0 Å². The summed E-state index contributed by atoms with van der Waals surface area (Å²) in [5, 5.41) is 1.34. The van der Waals surface area contributed by atoms with Gasteiger partial charge < -0.3 is 5.73 Å². The second-order valence-corrected chi connectivity index (χ2v) is 2.92. The van der Waals surface area contributed by atoms with Crippen molar-refractivity contribution in [3.8, 4) is 0 Å². The first-order chi connectivity index (χ1) is 6.45. The normalized spacial score (nSPS) is 13.0. The Balaban J connectivity index is 3.01. The molecule has 0 aliphatic rings. The fourth-order valence-corrected chi connectivity index (χ4v) is 1.08. The minimum Gasteiger partial charge on any atom is -0.398 e. The van der Waals surface area contributed by atoms with E-state index in [2.05, 4.69) is 12.6 Å². The quantitative estimate of drug-likeness (QED) is 0.698. The van der Waals surface area contributed by atoms with Gasteiger partial charge in [-0.3, -0.25) is 0 Å².